The lowest BCUT2D eigenvalue weighted by atomic mass is 9.97. The molecule has 1 saturated heterocycles. The first-order chi connectivity index (χ1) is 25.9. The molecule has 2 saturated carbocycles. The average Bonchev–Trinajstić information content (AvgIpc) is 3.91. The van der Waals surface area contributed by atoms with Crippen LogP contribution in [0.1, 0.15) is 73.7 Å². The average molecular weight is 822 g/mol. The minimum Gasteiger partial charge on any atom is -0.474 e. The number of thiophene rings is 1. The summed E-state index contributed by atoms with van der Waals surface area (Å²) >= 11 is 2.29. The van der Waals surface area contributed by atoms with E-state index in [0.717, 1.165) is 38.5 Å². The Hall–Kier alpha value is -4.10. The summed E-state index contributed by atoms with van der Waals surface area (Å²) in [5.74, 6) is -1.90. The summed E-state index contributed by atoms with van der Waals surface area (Å²) in [6.07, 6.45) is 1.91. The number of fused-ring (bicyclic) bond motifs is 2. The molecule has 2 N–H and O–H groups in total. The zero-order valence-corrected chi connectivity index (χ0v) is 33.2. The van der Waals surface area contributed by atoms with Crippen molar-refractivity contribution in [2.45, 2.75) is 101 Å². The van der Waals surface area contributed by atoms with Crippen molar-refractivity contribution in [2.75, 3.05) is 20.1 Å². The van der Waals surface area contributed by atoms with Gasteiger partial charge in [0.25, 0.3) is 5.91 Å². The second-order valence-corrected chi connectivity index (χ2v) is 19.5. The maximum Gasteiger partial charge on any atom is 0.434 e. The van der Waals surface area contributed by atoms with Crippen LogP contribution in [0.15, 0.2) is 29.7 Å². The molecule has 0 unspecified atom stereocenters. The van der Waals surface area contributed by atoms with Crippen LogP contribution in [-0.4, -0.2) is 93.6 Å². The van der Waals surface area contributed by atoms with Gasteiger partial charge in [-0.25, -0.2) is 23.2 Å². The predicted molar refractivity (Wildman–Crippen MR) is 200 cm³/mol. The van der Waals surface area contributed by atoms with Crippen LogP contribution in [0.4, 0.5) is 18.0 Å². The first-order valence-corrected chi connectivity index (χ1v) is 21.3. The zero-order valence-electron chi connectivity index (χ0n) is 30.7. The Kier molecular flexibility index (Phi) is 10.3. The van der Waals surface area contributed by atoms with E-state index in [-0.39, 0.29) is 48.6 Å². The molecule has 0 aromatic carbocycles. The molecule has 13 nitrogen and oxygen atoms in total. The first kappa shape index (κ1) is 39.1. The van der Waals surface area contributed by atoms with Gasteiger partial charge in [0.2, 0.25) is 21.8 Å². The van der Waals surface area contributed by atoms with Crippen LogP contribution in [0.3, 0.4) is 0 Å². The van der Waals surface area contributed by atoms with Gasteiger partial charge in [-0.1, -0.05) is 12.2 Å². The quantitative estimate of drug-likeness (QED) is 0.279. The summed E-state index contributed by atoms with van der Waals surface area (Å²) < 4.78 is 74.2. The highest BCUT2D eigenvalue weighted by Crippen LogP contribution is 2.47. The highest BCUT2D eigenvalue weighted by Gasteiger charge is 2.63. The smallest absolute Gasteiger partial charge is 0.434 e. The second-order valence-electron chi connectivity index (χ2n) is 15.0. The van der Waals surface area contributed by atoms with Crippen LogP contribution >= 0.6 is 22.7 Å². The summed E-state index contributed by atoms with van der Waals surface area (Å²) in [5.41, 5.74) is -1.41. The molecule has 5 heterocycles. The molecule has 0 bridgehead atoms. The Balaban J connectivity index is 1.19. The molecule has 3 fully saturated rings. The summed E-state index contributed by atoms with van der Waals surface area (Å²) in [5, 5.41) is 3.71. The van der Waals surface area contributed by atoms with Gasteiger partial charge >= 0.3 is 12.2 Å². The lowest BCUT2D eigenvalue weighted by Gasteiger charge is -2.40. The van der Waals surface area contributed by atoms with Crippen LogP contribution in [-0.2, 0) is 25.8 Å². The molecular formula is C36H42F3N7O6S3. The van der Waals surface area contributed by atoms with Gasteiger partial charge in [-0.05, 0) is 65.4 Å². The number of allylic oxidation sites excluding steroid dienone is 1. The summed E-state index contributed by atoms with van der Waals surface area (Å²) in [6, 6.07) is 2.03. The lowest BCUT2D eigenvalue weighted by Crippen LogP contribution is -2.61. The number of rotatable bonds is 7. The standard InChI is InChI=1S/C36H42F3N7O6S3/c1-20-15-24(21(2)54-20)25-17-28(42-29(40-25)31-41-27(19-53-31)36(37,38)39)52-23-10-14-46-26(16-23)30(47)43-35(32(48)44-55(50,51)34(3)11-12-34)18-22(35)9-7-5-6-8-13-45(4)33(46)49/h7,9,15,17,19,22-23,26H,5-6,8,10-14,16,18H2,1-4H3,(H,43,47)(H,44,48)/b9-7-/t22-,23-,26-,35+/m0/s1. The van der Waals surface area contributed by atoms with Gasteiger partial charge in [0, 0.05) is 65.7 Å². The summed E-state index contributed by atoms with van der Waals surface area (Å²) in [6.45, 7) is 5.98. The van der Waals surface area contributed by atoms with Crippen LogP contribution in [0.25, 0.3) is 22.1 Å². The maximum absolute atomic E-state index is 14.3. The van der Waals surface area contributed by atoms with Gasteiger partial charge in [-0.2, -0.15) is 18.2 Å². The topological polar surface area (TPSA) is 164 Å². The van der Waals surface area contributed by atoms with Crippen molar-refractivity contribution in [3.05, 3.63) is 45.1 Å². The van der Waals surface area contributed by atoms with E-state index < -0.39 is 62.1 Å². The van der Waals surface area contributed by atoms with Gasteiger partial charge in [-0.15, -0.1) is 22.7 Å². The Morgan fingerprint density at radius 2 is 1.87 bits per heavy atom. The number of nitrogens with one attached hydrogen (secondary N) is 2. The number of halogens is 3. The van der Waals surface area contributed by atoms with E-state index >= 15 is 0 Å². The molecule has 2 aliphatic carbocycles. The molecule has 3 aromatic heterocycles. The van der Waals surface area contributed by atoms with Gasteiger partial charge in [-0.3, -0.25) is 14.3 Å². The Bertz CT molecular complexity index is 2150. The minimum absolute atomic E-state index is 0.0132. The fourth-order valence-electron chi connectivity index (χ4n) is 7.05. The molecule has 4 amide bonds. The number of urea groups is 1. The maximum atomic E-state index is 14.3. The molecule has 3 aromatic rings. The van der Waals surface area contributed by atoms with Gasteiger partial charge in [0.05, 0.1) is 10.4 Å². The number of ether oxygens (including phenoxy) is 1. The van der Waals surface area contributed by atoms with Crippen molar-refractivity contribution in [3.63, 3.8) is 0 Å². The number of amides is 4. The normalized spacial score (nSPS) is 26.3. The number of aromatic nitrogens is 3. The third kappa shape index (κ3) is 7.96. The molecule has 4 aliphatic rings. The lowest BCUT2D eigenvalue weighted by molar-refractivity contribution is -0.140. The number of piperidine rings is 1. The number of alkyl halides is 3. The van der Waals surface area contributed by atoms with E-state index in [2.05, 4.69) is 25.0 Å². The number of thiazole rings is 1. The van der Waals surface area contributed by atoms with E-state index in [4.69, 9.17) is 4.74 Å². The number of aryl methyl sites for hydroxylation is 2. The summed E-state index contributed by atoms with van der Waals surface area (Å²) in [7, 11) is -2.34. The Morgan fingerprint density at radius 1 is 1.11 bits per heavy atom. The largest absolute Gasteiger partial charge is 0.474 e. The van der Waals surface area contributed by atoms with Crippen LogP contribution in [0, 0.1) is 19.8 Å². The molecule has 4 atom stereocenters. The molecule has 0 spiro atoms. The summed E-state index contributed by atoms with van der Waals surface area (Å²) in [4.78, 5) is 59.7. The van der Waals surface area contributed by atoms with Gasteiger partial charge in [0.15, 0.2) is 16.5 Å². The molecular weight excluding hydrogens is 780 g/mol. The molecule has 55 heavy (non-hydrogen) atoms. The van der Waals surface area contributed by atoms with Crippen molar-refractivity contribution in [1.29, 1.82) is 0 Å². The van der Waals surface area contributed by atoms with E-state index in [1.165, 1.54) is 16.2 Å². The van der Waals surface area contributed by atoms with Crippen LogP contribution in [0.2, 0.25) is 0 Å². The Labute approximate surface area is 324 Å². The van der Waals surface area contributed by atoms with Gasteiger partial charge < -0.3 is 19.9 Å². The number of carbonyl (C=O) groups excluding carboxylic acids is 3. The first-order valence-electron chi connectivity index (χ1n) is 18.1. The molecule has 7 rings (SSSR count). The number of carbonyl (C=O) groups is 3. The van der Waals surface area contributed by atoms with Crippen molar-refractivity contribution >= 4 is 50.5 Å². The molecule has 19 heteroatoms. The SMILES string of the molecule is Cc1cc(-c2cc(O[C@H]3CCN4C(=O)N(C)CCCC/C=C\[C@H]5C[C@@]5(C(=O)NS(=O)(=O)C5(C)CC5)NC(=O)[C@@H]4C3)nc(-c3nc(C(F)(F)F)cs3)n2)c(C)s1. The number of hydrogen-bond acceptors (Lipinski definition) is 11. The number of hydrogen-bond donors (Lipinski definition) is 2. The highest BCUT2D eigenvalue weighted by atomic mass is 32.2. The zero-order chi connectivity index (χ0) is 39.5. The molecule has 2 aliphatic heterocycles. The minimum atomic E-state index is -4.65. The third-order valence-corrected chi connectivity index (χ3v) is 14.8. The number of sulfonamides is 1. The van der Waals surface area contributed by atoms with Crippen LogP contribution in [0.5, 0.6) is 5.88 Å². The van der Waals surface area contributed by atoms with Crippen molar-refractivity contribution in [2.24, 2.45) is 5.92 Å². The number of nitrogens with zero attached hydrogens (tertiary/aromatic N) is 5. The van der Waals surface area contributed by atoms with E-state index in [0.29, 0.717) is 37.9 Å². The predicted octanol–water partition coefficient (Wildman–Crippen LogP) is 5.84. The fourth-order valence-corrected chi connectivity index (χ4v) is 10.1. The van der Waals surface area contributed by atoms with Crippen molar-refractivity contribution in [1.82, 2.24) is 34.8 Å². The highest BCUT2D eigenvalue weighted by molar-refractivity contribution is 7.91. The van der Waals surface area contributed by atoms with Crippen molar-refractivity contribution in [3.8, 4) is 28.0 Å². The third-order valence-electron chi connectivity index (χ3n) is 10.8. The second kappa shape index (κ2) is 14.4. The van der Waals surface area contributed by atoms with Gasteiger partial charge in [0.1, 0.15) is 17.7 Å². The molecule has 0 radical (unpaired) electrons. The van der Waals surface area contributed by atoms with E-state index in [9.17, 15) is 36.0 Å². The fraction of sp³-hybridized carbons (Fsp3) is 0.556. The monoisotopic (exact) mass is 821 g/mol. The molecule has 296 valence electrons. The van der Waals surface area contributed by atoms with E-state index in [1.807, 2.05) is 32.1 Å². The van der Waals surface area contributed by atoms with Crippen LogP contribution < -0.4 is 14.8 Å². The Morgan fingerprint density at radius 3 is 2.55 bits per heavy atom. The van der Waals surface area contributed by atoms with Crippen molar-refractivity contribution < 1.29 is 40.7 Å². The van der Waals surface area contributed by atoms with E-state index in [1.54, 1.807) is 24.9 Å².